The highest BCUT2D eigenvalue weighted by molar-refractivity contribution is 5.60. The normalized spacial score (nSPS) is 12.7. The number of rotatable bonds is 3. The number of aromatic nitrogens is 2. The Bertz CT molecular complexity index is 522. The predicted molar refractivity (Wildman–Crippen MR) is 61.9 cm³/mol. The van der Waals surface area contributed by atoms with Gasteiger partial charge >= 0.3 is 0 Å². The monoisotopic (exact) mass is 235 g/mol. The molecule has 0 fully saturated rings. The third-order valence-corrected chi connectivity index (χ3v) is 2.60. The average Bonchev–Trinajstić information content (AvgIpc) is 2.77. The van der Waals surface area contributed by atoms with E-state index in [9.17, 15) is 4.39 Å². The fourth-order valence-corrected chi connectivity index (χ4v) is 1.58. The zero-order chi connectivity index (χ0) is 12.4. The number of benzene rings is 1. The molecular formula is C12H14FN3O. The molecule has 1 atom stereocenters. The lowest BCUT2D eigenvalue weighted by molar-refractivity contribution is 0.374. The number of alkyl halides is 1. The Kier molecular flexibility index (Phi) is 3.19. The summed E-state index contributed by atoms with van der Waals surface area (Å²) in [5.74, 6) is 0.823. The van der Waals surface area contributed by atoms with Crippen LogP contribution in [-0.2, 0) is 6.54 Å². The van der Waals surface area contributed by atoms with Crippen molar-refractivity contribution in [3.05, 3.63) is 35.2 Å². The number of hydrogen-bond acceptors (Lipinski definition) is 4. The zero-order valence-corrected chi connectivity index (χ0v) is 9.77. The Morgan fingerprint density at radius 1 is 1.47 bits per heavy atom. The summed E-state index contributed by atoms with van der Waals surface area (Å²) in [5, 5.41) is 3.83. The van der Waals surface area contributed by atoms with Crippen LogP contribution in [0.3, 0.4) is 0 Å². The summed E-state index contributed by atoms with van der Waals surface area (Å²) in [6.07, 6.45) is -1.02. The minimum absolute atomic E-state index is 0.200. The van der Waals surface area contributed by atoms with E-state index in [0.29, 0.717) is 17.3 Å². The second-order valence-electron chi connectivity index (χ2n) is 3.91. The topological polar surface area (TPSA) is 64.9 Å². The Labute approximate surface area is 98.6 Å². The van der Waals surface area contributed by atoms with Crippen LogP contribution in [0.4, 0.5) is 4.39 Å². The van der Waals surface area contributed by atoms with Gasteiger partial charge in [-0.15, -0.1) is 0 Å². The molecule has 0 aliphatic carbocycles. The van der Waals surface area contributed by atoms with Crippen LogP contribution in [-0.4, -0.2) is 10.1 Å². The van der Waals surface area contributed by atoms with Gasteiger partial charge in [-0.05, 0) is 31.0 Å². The number of nitrogens with two attached hydrogens (primary N) is 1. The van der Waals surface area contributed by atoms with Crippen molar-refractivity contribution in [1.29, 1.82) is 0 Å². The fourth-order valence-electron chi connectivity index (χ4n) is 1.58. The Morgan fingerprint density at radius 3 is 2.82 bits per heavy atom. The highest BCUT2D eigenvalue weighted by atomic mass is 19.1. The number of halogens is 1. The van der Waals surface area contributed by atoms with Crippen molar-refractivity contribution in [1.82, 2.24) is 10.1 Å². The molecule has 2 N–H and O–H groups in total. The van der Waals surface area contributed by atoms with Gasteiger partial charge in [0.2, 0.25) is 11.7 Å². The Hall–Kier alpha value is -1.75. The molecule has 0 spiro atoms. The first-order chi connectivity index (χ1) is 8.11. The van der Waals surface area contributed by atoms with Crippen molar-refractivity contribution in [3.8, 4) is 11.4 Å². The standard InChI is InChI=1S/C12H14FN3O/c1-7-3-4-9(8(2)13)5-10(7)12-15-11(6-14)17-16-12/h3-5,8H,6,14H2,1-2H3. The second kappa shape index (κ2) is 4.63. The minimum atomic E-state index is -1.02. The molecule has 5 heteroatoms. The van der Waals surface area contributed by atoms with Gasteiger partial charge in [0.15, 0.2) is 0 Å². The van der Waals surface area contributed by atoms with Gasteiger partial charge in [0.1, 0.15) is 6.17 Å². The first-order valence-electron chi connectivity index (χ1n) is 5.39. The molecule has 1 heterocycles. The van der Waals surface area contributed by atoms with Crippen LogP contribution in [0.5, 0.6) is 0 Å². The summed E-state index contributed by atoms with van der Waals surface area (Å²) in [6.45, 7) is 3.61. The molecule has 0 amide bonds. The molecule has 0 bridgehead atoms. The minimum Gasteiger partial charge on any atom is -0.338 e. The summed E-state index contributed by atoms with van der Waals surface area (Å²) in [4.78, 5) is 4.14. The summed E-state index contributed by atoms with van der Waals surface area (Å²) in [5.41, 5.74) is 7.75. The van der Waals surface area contributed by atoms with E-state index in [0.717, 1.165) is 11.1 Å². The van der Waals surface area contributed by atoms with E-state index in [-0.39, 0.29) is 6.54 Å². The first-order valence-corrected chi connectivity index (χ1v) is 5.39. The molecule has 0 saturated heterocycles. The van der Waals surface area contributed by atoms with E-state index in [1.807, 2.05) is 13.0 Å². The van der Waals surface area contributed by atoms with Crippen LogP contribution in [0.2, 0.25) is 0 Å². The quantitative estimate of drug-likeness (QED) is 0.887. The maximum atomic E-state index is 13.2. The van der Waals surface area contributed by atoms with Gasteiger partial charge in [-0.1, -0.05) is 17.3 Å². The summed E-state index contributed by atoms with van der Waals surface area (Å²) in [7, 11) is 0. The average molecular weight is 235 g/mol. The third kappa shape index (κ3) is 2.34. The van der Waals surface area contributed by atoms with Gasteiger partial charge in [-0.3, -0.25) is 0 Å². The lowest BCUT2D eigenvalue weighted by Crippen LogP contribution is -1.96. The van der Waals surface area contributed by atoms with E-state index in [1.165, 1.54) is 6.92 Å². The molecular weight excluding hydrogens is 221 g/mol. The molecule has 1 unspecified atom stereocenters. The molecule has 0 radical (unpaired) electrons. The summed E-state index contributed by atoms with van der Waals surface area (Å²) < 4.78 is 18.2. The van der Waals surface area contributed by atoms with Crippen molar-refractivity contribution >= 4 is 0 Å². The number of hydrogen-bond donors (Lipinski definition) is 1. The van der Waals surface area contributed by atoms with Crippen molar-refractivity contribution in [2.75, 3.05) is 0 Å². The maximum absolute atomic E-state index is 13.2. The Morgan fingerprint density at radius 2 is 2.24 bits per heavy atom. The maximum Gasteiger partial charge on any atom is 0.240 e. The van der Waals surface area contributed by atoms with Crippen LogP contribution in [0.25, 0.3) is 11.4 Å². The van der Waals surface area contributed by atoms with E-state index in [1.54, 1.807) is 12.1 Å². The van der Waals surface area contributed by atoms with Crippen LogP contribution in [0.15, 0.2) is 22.7 Å². The third-order valence-electron chi connectivity index (χ3n) is 2.60. The number of aryl methyl sites for hydroxylation is 1. The fraction of sp³-hybridized carbons (Fsp3) is 0.333. The molecule has 2 rings (SSSR count). The molecule has 1 aromatic carbocycles. The highest BCUT2D eigenvalue weighted by Crippen LogP contribution is 2.26. The molecule has 0 aliphatic rings. The molecule has 0 saturated carbocycles. The SMILES string of the molecule is Cc1ccc(C(C)F)cc1-c1noc(CN)n1. The molecule has 2 aromatic rings. The Balaban J connectivity index is 2.46. The van der Waals surface area contributed by atoms with Crippen molar-refractivity contribution in [2.24, 2.45) is 5.73 Å². The second-order valence-corrected chi connectivity index (χ2v) is 3.91. The van der Waals surface area contributed by atoms with Crippen LogP contribution >= 0.6 is 0 Å². The van der Waals surface area contributed by atoms with Gasteiger partial charge in [0.05, 0.1) is 6.54 Å². The van der Waals surface area contributed by atoms with Gasteiger partial charge in [0, 0.05) is 5.56 Å². The van der Waals surface area contributed by atoms with Crippen molar-refractivity contribution in [2.45, 2.75) is 26.6 Å². The van der Waals surface area contributed by atoms with E-state index in [2.05, 4.69) is 10.1 Å². The molecule has 90 valence electrons. The van der Waals surface area contributed by atoms with Crippen LogP contribution < -0.4 is 5.73 Å². The smallest absolute Gasteiger partial charge is 0.240 e. The van der Waals surface area contributed by atoms with Crippen molar-refractivity contribution in [3.63, 3.8) is 0 Å². The molecule has 4 nitrogen and oxygen atoms in total. The lowest BCUT2D eigenvalue weighted by Gasteiger charge is -2.06. The van der Waals surface area contributed by atoms with E-state index in [4.69, 9.17) is 10.3 Å². The molecule has 1 aromatic heterocycles. The molecule has 17 heavy (non-hydrogen) atoms. The largest absolute Gasteiger partial charge is 0.338 e. The predicted octanol–water partition coefficient (Wildman–Crippen LogP) is 2.53. The first kappa shape index (κ1) is 11.7. The lowest BCUT2D eigenvalue weighted by atomic mass is 10.0. The van der Waals surface area contributed by atoms with E-state index < -0.39 is 6.17 Å². The summed E-state index contributed by atoms with van der Waals surface area (Å²) >= 11 is 0. The van der Waals surface area contributed by atoms with Gasteiger partial charge in [-0.25, -0.2) is 4.39 Å². The number of nitrogens with zero attached hydrogens (tertiary/aromatic N) is 2. The van der Waals surface area contributed by atoms with Gasteiger partial charge in [0.25, 0.3) is 0 Å². The highest BCUT2D eigenvalue weighted by Gasteiger charge is 2.12. The van der Waals surface area contributed by atoms with Crippen LogP contribution in [0, 0.1) is 6.92 Å². The van der Waals surface area contributed by atoms with Crippen LogP contribution in [0.1, 0.15) is 30.1 Å². The van der Waals surface area contributed by atoms with Crippen molar-refractivity contribution < 1.29 is 8.91 Å². The molecule has 0 aliphatic heterocycles. The van der Waals surface area contributed by atoms with E-state index >= 15 is 0 Å². The summed E-state index contributed by atoms with van der Waals surface area (Å²) in [6, 6.07) is 5.35. The van der Waals surface area contributed by atoms with Gasteiger partial charge in [-0.2, -0.15) is 4.98 Å². The zero-order valence-electron chi connectivity index (χ0n) is 9.77. The van der Waals surface area contributed by atoms with Gasteiger partial charge < -0.3 is 10.3 Å².